The summed E-state index contributed by atoms with van der Waals surface area (Å²) in [6, 6.07) is 0. The minimum Gasteiger partial charge on any atom is -0.481 e. The standard InChI is InChI=1S/C4H8O2.C2H7NO2/c1-2-3-4(5)6;1-2(3,4)5/h2-3H2,1H3,(H,5,6);4-5H,3H2,1H3. The first kappa shape index (κ1) is 13.0. The number of carboxylic acids is 1. The second-order valence-electron chi connectivity index (χ2n) is 2.24. The van der Waals surface area contributed by atoms with Crippen LogP contribution < -0.4 is 5.73 Å². The Kier molecular flexibility index (Phi) is 7.18. The molecule has 0 heterocycles. The first-order valence-corrected chi connectivity index (χ1v) is 3.22. The maximum absolute atomic E-state index is 9.60. The molecule has 0 aliphatic heterocycles. The number of carbonyl (C=O) groups is 1. The molecule has 0 saturated heterocycles. The fourth-order valence-corrected chi connectivity index (χ4v) is 0.214. The lowest BCUT2D eigenvalue weighted by molar-refractivity contribution is -0.139. The van der Waals surface area contributed by atoms with E-state index in [9.17, 15) is 4.79 Å². The van der Waals surface area contributed by atoms with Crippen LogP contribution in [0.1, 0.15) is 26.7 Å². The molecule has 0 atom stereocenters. The molecular weight excluding hydrogens is 150 g/mol. The van der Waals surface area contributed by atoms with Crippen LogP contribution in [0.2, 0.25) is 0 Å². The molecule has 0 aromatic heterocycles. The van der Waals surface area contributed by atoms with E-state index in [2.05, 4.69) is 5.73 Å². The number of rotatable bonds is 2. The Hall–Kier alpha value is -0.650. The van der Waals surface area contributed by atoms with Crippen LogP contribution in [0, 0.1) is 0 Å². The quantitative estimate of drug-likeness (QED) is 0.412. The second-order valence-corrected chi connectivity index (χ2v) is 2.24. The highest BCUT2D eigenvalue weighted by Gasteiger charge is 2.00. The Morgan fingerprint density at radius 3 is 1.82 bits per heavy atom. The van der Waals surface area contributed by atoms with E-state index in [-0.39, 0.29) is 0 Å². The van der Waals surface area contributed by atoms with Gasteiger partial charge in [-0.1, -0.05) is 6.92 Å². The Morgan fingerprint density at radius 1 is 1.55 bits per heavy atom. The first-order chi connectivity index (χ1) is 4.77. The molecular formula is C6H15NO4. The summed E-state index contributed by atoms with van der Waals surface area (Å²) in [5.41, 5.74) is 4.47. The van der Waals surface area contributed by atoms with Crippen molar-refractivity contribution < 1.29 is 20.1 Å². The highest BCUT2D eigenvalue weighted by molar-refractivity contribution is 5.66. The van der Waals surface area contributed by atoms with Crippen molar-refractivity contribution in [2.45, 2.75) is 32.6 Å². The summed E-state index contributed by atoms with van der Waals surface area (Å²) < 4.78 is 0. The molecule has 0 aliphatic rings. The van der Waals surface area contributed by atoms with Gasteiger partial charge >= 0.3 is 5.97 Å². The van der Waals surface area contributed by atoms with E-state index in [1.165, 1.54) is 0 Å². The van der Waals surface area contributed by atoms with Gasteiger partial charge in [-0.25, -0.2) is 0 Å². The van der Waals surface area contributed by atoms with Gasteiger partial charge in [0.05, 0.1) is 0 Å². The molecule has 0 rings (SSSR count). The van der Waals surface area contributed by atoms with Gasteiger partial charge in [-0.3, -0.25) is 10.5 Å². The third kappa shape index (κ3) is 91.5. The molecule has 5 N–H and O–H groups in total. The van der Waals surface area contributed by atoms with Crippen molar-refractivity contribution in [3.8, 4) is 0 Å². The molecule has 0 bridgehead atoms. The van der Waals surface area contributed by atoms with Gasteiger partial charge in [-0.05, 0) is 6.42 Å². The number of hydrogen-bond donors (Lipinski definition) is 4. The summed E-state index contributed by atoms with van der Waals surface area (Å²) in [7, 11) is 0. The maximum Gasteiger partial charge on any atom is 0.303 e. The Bertz CT molecular complexity index is 102. The molecule has 0 radical (unpaired) electrons. The van der Waals surface area contributed by atoms with Crippen molar-refractivity contribution in [3.05, 3.63) is 0 Å². The summed E-state index contributed by atoms with van der Waals surface area (Å²) in [5.74, 6) is -2.71. The molecule has 0 unspecified atom stereocenters. The topological polar surface area (TPSA) is 104 Å². The average molecular weight is 165 g/mol. The first-order valence-electron chi connectivity index (χ1n) is 3.22. The maximum atomic E-state index is 9.60. The number of hydrogen-bond acceptors (Lipinski definition) is 4. The van der Waals surface area contributed by atoms with E-state index < -0.39 is 11.9 Å². The molecule has 0 fully saturated rings. The third-order valence-electron chi connectivity index (χ3n) is 0.464. The molecule has 0 amide bonds. The molecule has 5 heteroatoms. The monoisotopic (exact) mass is 165 g/mol. The molecule has 0 aliphatic carbocycles. The van der Waals surface area contributed by atoms with Gasteiger partial charge in [0, 0.05) is 13.3 Å². The number of aliphatic carboxylic acids is 1. The molecule has 0 aromatic rings. The molecule has 0 aromatic carbocycles. The van der Waals surface area contributed by atoms with Gasteiger partial charge in [0.1, 0.15) is 0 Å². The summed E-state index contributed by atoms with van der Waals surface area (Å²) in [4.78, 5) is 9.60. The Balaban J connectivity index is 0. The zero-order valence-corrected chi connectivity index (χ0v) is 6.74. The lowest BCUT2D eigenvalue weighted by atomic mass is 10.4. The van der Waals surface area contributed by atoms with Crippen molar-refractivity contribution in [3.63, 3.8) is 0 Å². The van der Waals surface area contributed by atoms with Crippen LogP contribution >= 0.6 is 0 Å². The number of aliphatic hydroxyl groups is 2. The van der Waals surface area contributed by atoms with Gasteiger partial charge in [0.15, 0.2) is 0 Å². The SMILES string of the molecule is CC(N)(O)O.CCCC(=O)O. The van der Waals surface area contributed by atoms with E-state index in [1.807, 2.05) is 6.92 Å². The van der Waals surface area contributed by atoms with Gasteiger partial charge in [-0.2, -0.15) is 0 Å². The fourth-order valence-electron chi connectivity index (χ4n) is 0.214. The van der Waals surface area contributed by atoms with E-state index >= 15 is 0 Å². The summed E-state index contributed by atoms with van der Waals surface area (Å²) in [6.45, 7) is 2.92. The van der Waals surface area contributed by atoms with Crippen LogP contribution in [0.3, 0.4) is 0 Å². The van der Waals surface area contributed by atoms with Crippen molar-refractivity contribution in [2.24, 2.45) is 5.73 Å². The number of nitrogens with two attached hydrogens (primary N) is 1. The highest BCUT2D eigenvalue weighted by Crippen LogP contribution is 1.82. The van der Waals surface area contributed by atoms with Gasteiger partial charge < -0.3 is 15.3 Å². The predicted octanol–water partition coefficient (Wildman–Crippen LogP) is -0.526. The van der Waals surface area contributed by atoms with Crippen molar-refractivity contribution in [1.82, 2.24) is 0 Å². The van der Waals surface area contributed by atoms with Crippen molar-refractivity contribution in [2.75, 3.05) is 0 Å². The molecule has 5 nitrogen and oxygen atoms in total. The lowest BCUT2D eigenvalue weighted by Gasteiger charge is -2.03. The van der Waals surface area contributed by atoms with Gasteiger partial charge in [0.25, 0.3) is 0 Å². The Labute approximate surface area is 65.5 Å². The summed E-state index contributed by atoms with van der Waals surface area (Å²) >= 11 is 0. The predicted molar refractivity (Wildman–Crippen MR) is 39.6 cm³/mol. The smallest absolute Gasteiger partial charge is 0.303 e. The van der Waals surface area contributed by atoms with Crippen molar-refractivity contribution >= 4 is 5.97 Å². The molecule has 11 heavy (non-hydrogen) atoms. The van der Waals surface area contributed by atoms with Gasteiger partial charge in [0.2, 0.25) is 5.91 Å². The Morgan fingerprint density at radius 2 is 1.82 bits per heavy atom. The highest BCUT2D eigenvalue weighted by atomic mass is 16.5. The van der Waals surface area contributed by atoms with Crippen molar-refractivity contribution in [1.29, 1.82) is 0 Å². The van der Waals surface area contributed by atoms with Crippen LogP contribution in [-0.4, -0.2) is 27.2 Å². The van der Waals surface area contributed by atoms with Crippen LogP contribution in [0.15, 0.2) is 0 Å². The van der Waals surface area contributed by atoms with Gasteiger partial charge in [-0.15, -0.1) is 0 Å². The number of carboxylic acid groups (broad SMARTS) is 1. The minimum atomic E-state index is -2.00. The van der Waals surface area contributed by atoms with Crippen LogP contribution in [-0.2, 0) is 4.79 Å². The second kappa shape index (κ2) is 6.09. The van der Waals surface area contributed by atoms with E-state index in [0.717, 1.165) is 13.3 Å². The molecule has 68 valence electrons. The molecule has 0 spiro atoms. The summed E-state index contributed by atoms with van der Waals surface area (Å²) in [6.07, 6.45) is 1.02. The minimum absolute atomic E-state index is 0.292. The normalized spacial score (nSPS) is 9.91. The lowest BCUT2D eigenvalue weighted by Crippen LogP contribution is -2.34. The van der Waals surface area contributed by atoms with Crippen LogP contribution in [0.5, 0.6) is 0 Å². The fraction of sp³-hybridized carbons (Fsp3) is 0.833. The third-order valence-corrected chi connectivity index (χ3v) is 0.464. The zero-order valence-electron chi connectivity index (χ0n) is 6.74. The van der Waals surface area contributed by atoms with E-state index in [1.54, 1.807) is 0 Å². The largest absolute Gasteiger partial charge is 0.481 e. The summed E-state index contributed by atoms with van der Waals surface area (Å²) in [5, 5.41) is 23.6. The van der Waals surface area contributed by atoms with E-state index in [4.69, 9.17) is 15.3 Å². The van der Waals surface area contributed by atoms with Crippen LogP contribution in [0.4, 0.5) is 0 Å². The zero-order chi connectivity index (χ0) is 9.49. The molecule has 0 saturated carbocycles. The van der Waals surface area contributed by atoms with E-state index in [0.29, 0.717) is 6.42 Å². The average Bonchev–Trinajstić information content (AvgIpc) is 1.58. The van der Waals surface area contributed by atoms with Crippen LogP contribution in [0.25, 0.3) is 0 Å².